The molecule has 1 fully saturated rings. The standard InChI is InChI=1S/C44H50F5N5O8S/c1-43(2,3)39(34-20-29(31-21-30(45)13-14-32(31)46)24-53(34)23-27-10-6-4-7-11-27)40(28-17-18-50-22-28)52-36(56)26-63-25-33(41(59)61-62-42(60)44(47,48)49)51-35(55)12-8-5-9-19-54-37(57)15-16-38(54)58/h4,6-7,10-11,13-16,20-21,24,28,33,39-40,50H,5,8-9,12,17-19,22-23,25-26H2,1-3H3,(H,51,55)(H,52,56)/t28?,33?,39-,40?/m0/s1. The number of carbonyl (C=O) groups excluding carboxylic acids is 6. The van der Waals surface area contributed by atoms with Gasteiger partial charge >= 0.3 is 18.1 Å². The maximum atomic E-state index is 15.2. The van der Waals surface area contributed by atoms with Crippen LogP contribution >= 0.6 is 11.8 Å². The van der Waals surface area contributed by atoms with Crippen molar-refractivity contribution < 1.29 is 60.5 Å². The molecule has 3 aromatic rings. The summed E-state index contributed by atoms with van der Waals surface area (Å²) in [5.41, 5.74) is 1.72. The molecule has 3 unspecified atom stereocenters. The maximum absolute atomic E-state index is 15.2. The minimum atomic E-state index is -5.47. The lowest BCUT2D eigenvalue weighted by Gasteiger charge is -2.41. The van der Waals surface area contributed by atoms with Crippen LogP contribution in [0.4, 0.5) is 22.0 Å². The first-order chi connectivity index (χ1) is 29.8. The first-order valence-electron chi connectivity index (χ1n) is 20.4. The number of hydrogen-bond acceptors (Lipinski definition) is 10. The van der Waals surface area contributed by atoms with E-state index >= 15 is 4.39 Å². The molecule has 0 saturated carbocycles. The Balaban J connectivity index is 1.31. The van der Waals surface area contributed by atoms with Gasteiger partial charge < -0.3 is 20.5 Å². The van der Waals surface area contributed by atoms with E-state index in [1.165, 1.54) is 0 Å². The third-order valence-corrected chi connectivity index (χ3v) is 11.7. The second kappa shape index (κ2) is 21.7. The van der Waals surface area contributed by atoms with Gasteiger partial charge in [-0.05, 0) is 73.5 Å². The SMILES string of the molecule is CC(C)(C)[C@@H](c1cc(-c2cc(F)ccc2F)cn1Cc1ccccc1)C(NC(=O)CSCC(NC(=O)CCCCCN1C(=O)C=CC1=O)C(=O)OOC(=O)C(F)(F)F)C1CCNC1. The topological polar surface area (TPSA) is 165 Å². The maximum Gasteiger partial charge on any atom is 0.495 e. The summed E-state index contributed by atoms with van der Waals surface area (Å²) in [6.07, 6.45) is 0.218. The number of halogens is 5. The molecule has 2 aromatic carbocycles. The van der Waals surface area contributed by atoms with Gasteiger partial charge in [-0.3, -0.25) is 24.1 Å². The lowest BCUT2D eigenvalue weighted by Crippen LogP contribution is -2.50. The molecule has 3 N–H and O–H groups in total. The van der Waals surface area contributed by atoms with Crippen molar-refractivity contribution in [2.45, 2.75) is 83.6 Å². The Labute approximate surface area is 365 Å². The molecule has 0 aliphatic carbocycles. The lowest BCUT2D eigenvalue weighted by molar-refractivity contribution is -0.286. The lowest BCUT2D eigenvalue weighted by atomic mass is 9.70. The fraction of sp³-hybridized carbons (Fsp3) is 0.455. The Kier molecular flexibility index (Phi) is 16.7. The second-order valence-electron chi connectivity index (χ2n) is 16.5. The molecule has 19 heteroatoms. The summed E-state index contributed by atoms with van der Waals surface area (Å²) in [4.78, 5) is 83.3. The third-order valence-electron chi connectivity index (χ3n) is 10.7. The summed E-state index contributed by atoms with van der Waals surface area (Å²) >= 11 is 0.871. The first kappa shape index (κ1) is 48.5. The van der Waals surface area contributed by atoms with Crippen molar-refractivity contribution in [1.82, 2.24) is 25.4 Å². The van der Waals surface area contributed by atoms with E-state index < -0.39 is 76.8 Å². The minimum Gasteiger partial charge on any atom is -0.352 e. The van der Waals surface area contributed by atoms with E-state index in [2.05, 4.69) is 25.7 Å². The van der Waals surface area contributed by atoms with Gasteiger partial charge in [0, 0.05) is 72.4 Å². The van der Waals surface area contributed by atoms with Gasteiger partial charge in [0.05, 0.1) is 5.75 Å². The van der Waals surface area contributed by atoms with Gasteiger partial charge in [0.25, 0.3) is 11.8 Å². The van der Waals surface area contributed by atoms with Gasteiger partial charge in [-0.2, -0.15) is 13.2 Å². The van der Waals surface area contributed by atoms with Crippen LogP contribution < -0.4 is 16.0 Å². The van der Waals surface area contributed by atoms with Crippen molar-refractivity contribution in [1.29, 1.82) is 0 Å². The summed E-state index contributed by atoms with van der Waals surface area (Å²) < 4.78 is 70.0. The zero-order chi connectivity index (χ0) is 45.9. The fourth-order valence-corrected chi connectivity index (χ4v) is 8.54. The Bertz CT molecular complexity index is 2140. The monoisotopic (exact) mass is 903 g/mol. The minimum absolute atomic E-state index is 0.0732. The molecule has 0 spiro atoms. The second-order valence-corrected chi connectivity index (χ2v) is 17.5. The Hall–Kier alpha value is -5.56. The van der Waals surface area contributed by atoms with E-state index in [-0.39, 0.29) is 42.4 Å². The summed E-state index contributed by atoms with van der Waals surface area (Å²) in [6, 6.07) is 12.5. The van der Waals surface area contributed by atoms with E-state index in [4.69, 9.17) is 0 Å². The molecule has 1 saturated heterocycles. The predicted molar refractivity (Wildman–Crippen MR) is 222 cm³/mol. The van der Waals surface area contributed by atoms with Gasteiger partial charge in [-0.25, -0.2) is 28.1 Å². The molecule has 4 atom stereocenters. The van der Waals surface area contributed by atoms with Gasteiger partial charge in [-0.1, -0.05) is 57.5 Å². The molecule has 2 aliphatic rings. The van der Waals surface area contributed by atoms with Crippen LogP contribution in [-0.4, -0.2) is 94.4 Å². The van der Waals surface area contributed by atoms with Crippen LogP contribution in [0.2, 0.25) is 0 Å². The Morgan fingerprint density at radius 1 is 0.905 bits per heavy atom. The molecule has 63 heavy (non-hydrogen) atoms. The predicted octanol–water partition coefficient (Wildman–Crippen LogP) is 5.97. The normalized spacial score (nSPS) is 16.8. The number of unbranched alkanes of at least 4 members (excludes halogenated alkanes) is 2. The number of nitrogens with one attached hydrogen (secondary N) is 3. The van der Waals surface area contributed by atoms with E-state index in [0.717, 1.165) is 58.3 Å². The highest BCUT2D eigenvalue weighted by Crippen LogP contribution is 2.43. The van der Waals surface area contributed by atoms with E-state index in [0.29, 0.717) is 44.5 Å². The highest BCUT2D eigenvalue weighted by Gasteiger charge is 2.44. The highest BCUT2D eigenvalue weighted by atomic mass is 32.2. The van der Waals surface area contributed by atoms with Crippen molar-refractivity contribution in [3.05, 3.63) is 95.8 Å². The first-order valence-corrected chi connectivity index (χ1v) is 21.6. The number of alkyl halides is 3. The zero-order valence-corrected chi connectivity index (χ0v) is 35.8. The van der Waals surface area contributed by atoms with Crippen molar-refractivity contribution in [3.8, 4) is 11.1 Å². The van der Waals surface area contributed by atoms with Crippen LogP contribution in [0.3, 0.4) is 0 Å². The zero-order valence-electron chi connectivity index (χ0n) is 35.0. The number of hydrogen-bond donors (Lipinski definition) is 3. The summed E-state index contributed by atoms with van der Waals surface area (Å²) in [5.74, 6) is -8.67. The van der Waals surface area contributed by atoms with Gasteiger partial charge in [0.1, 0.15) is 17.7 Å². The molecule has 0 radical (unpaired) electrons. The summed E-state index contributed by atoms with van der Waals surface area (Å²) in [6.45, 7) is 7.84. The van der Waals surface area contributed by atoms with Crippen LogP contribution in [0.15, 0.2) is 72.9 Å². The number of benzene rings is 2. The van der Waals surface area contributed by atoms with Crippen LogP contribution in [0.5, 0.6) is 0 Å². The van der Waals surface area contributed by atoms with Gasteiger partial charge in [0.2, 0.25) is 11.8 Å². The number of imide groups is 1. The number of thioether (sulfide) groups is 1. The molecule has 0 bridgehead atoms. The number of carbonyl (C=O) groups is 6. The summed E-state index contributed by atoms with van der Waals surface area (Å²) in [7, 11) is 0. The smallest absolute Gasteiger partial charge is 0.352 e. The Morgan fingerprint density at radius 3 is 2.27 bits per heavy atom. The third kappa shape index (κ3) is 13.7. The molecule has 5 rings (SSSR count). The molecule has 1 aromatic heterocycles. The van der Waals surface area contributed by atoms with Crippen LogP contribution in [-0.2, 0) is 45.1 Å². The molecule has 340 valence electrons. The van der Waals surface area contributed by atoms with E-state index in [1.807, 2.05) is 61.7 Å². The molecule has 2 aliphatic heterocycles. The quantitative estimate of drug-likeness (QED) is 0.0429. The van der Waals surface area contributed by atoms with Crippen molar-refractivity contribution in [3.63, 3.8) is 0 Å². The highest BCUT2D eigenvalue weighted by molar-refractivity contribution is 8.00. The van der Waals surface area contributed by atoms with E-state index in [9.17, 15) is 46.3 Å². The van der Waals surface area contributed by atoms with Crippen molar-refractivity contribution >= 4 is 47.3 Å². The van der Waals surface area contributed by atoms with Crippen molar-refractivity contribution in [2.24, 2.45) is 11.3 Å². The molecule has 4 amide bonds. The van der Waals surface area contributed by atoms with Crippen molar-refractivity contribution in [2.75, 3.05) is 31.1 Å². The average Bonchev–Trinajstić information content (AvgIpc) is 3.98. The average molecular weight is 904 g/mol. The molecule has 13 nitrogen and oxygen atoms in total. The molecular formula is C44H50F5N5O8S. The van der Waals surface area contributed by atoms with Crippen LogP contribution in [0.1, 0.15) is 70.1 Å². The Morgan fingerprint density at radius 2 is 1.62 bits per heavy atom. The van der Waals surface area contributed by atoms with E-state index in [1.54, 1.807) is 6.20 Å². The summed E-state index contributed by atoms with van der Waals surface area (Å²) in [5, 5.41) is 8.92. The fourth-order valence-electron chi connectivity index (χ4n) is 7.70. The molecular weight excluding hydrogens is 854 g/mol. The van der Waals surface area contributed by atoms with Gasteiger partial charge in [0.15, 0.2) is 0 Å². The molecule has 3 heterocycles. The number of amides is 4. The van der Waals surface area contributed by atoms with Gasteiger partial charge in [-0.15, -0.1) is 11.8 Å². The number of nitrogens with zero attached hydrogens (tertiary/aromatic N) is 2. The number of aromatic nitrogens is 1. The van der Waals surface area contributed by atoms with Crippen LogP contribution in [0.25, 0.3) is 11.1 Å². The number of rotatable bonds is 19. The van der Waals surface area contributed by atoms with Crippen LogP contribution in [0, 0.1) is 23.0 Å². The largest absolute Gasteiger partial charge is 0.495 e.